The summed E-state index contributed by atoms with van der Waals surface area (Å²) in [7, 11) is 0. The molecular weight excluding hydrogens is 410 g/mol. The molecule has 0 unspecified atom stereocenters. The lowest BCUT2D eigenvalue weighted by molar-refractivity contribution is -0.384. The molecule has 0 atom stereocenters. The van der Waals surface area contributed by atoms with Gasteiger partial charge >= 0.3 is 0 Å². The molecule has 0 spiro atoms. The molecule has 3 rings (SSSR count). The van der Waals surface area contributed by atoms with Crippen molar-refractivity contribution in [1.82, 2.24) is 5.43 Å². The third-order valence-electron chi connectivity index (χ3n) is 4.00. The van der Waals surface area contributed by atoms with Crippen LogP contribution >= 0.6 is 11.6 Å². The van der Waals surface area contributed by atoms with Crippen LogP contribution in [0.1, 0.15) is 29.5 Å². The Morgan fingerprint density at radius 2 is 2.00 bits per heavy atom. The number of ether oxygens (including phenoxy) is 1. The van der Waals surface area contributed by atoms with Crippen LogP contribution in [-0.2, 0) is 0 Å². The Morgan fingerprint density at radius 1 is 1.23 bits per heavy atom. The Bertz CT molecular complexity index is 1080. The molecule has 1 N–H and O–H groups in total. The largest absolute Gasteiger partial charge is 0.494 e. The number of nitro benzene ring substituents is 1. The number of hydrazone groups is 1. The number of rotatable bonds is 8. The molecule has 0 fully saturated rings. The van der Waals surface area contributed by atoms with E-state index in [1.807, 2.05) is 6.92 Å². The number of non-ortho nitro benzene ring substituents is 1. The van der Waals surface area contributed by atoms with Gasteiger partial charge in [-0.1, -0.05) is 18.5 Å². The molecular formula is C21H18ClN3O5. The average molecular weight is 428 g/mol. The van der Waals surface area contributed by atoms with Crippen LogP contribution in [0.4, 0.5) is 5.69 Å². The normalized spacial score (nSPS) is 10.9. The molecule has 0 bridgehead atoms. The average Bonchev–Trinajstić information content (AvgIpc) is 3.21. The van der Waals surface area contributed by atoms with Crippen LogP contribution in [0.5, 0.6) is 5.75 Å². The Labute approximate surface area is 177 Å². The Hall–Kier alpha value is -3.65. The number of halogens is 1. The summed E-state index contributed by atoms with van der Waals surface area (Å²) in [5.74, 6) is 1.12. The Balaban J connectivity index is 1.62. The molecule has 1 heterocycles. The maximum atomic E-state index is 12.1. The summed E-state index contributed by atoms with van der Waals surface area (Å²) in [6.45, 7) is 2.63. The highest BCUT2D eigenvalue weighted by molar-refractivity contribution is 6.33. The zero-order valence-corrected chi connectivity index (χ0v) is 16.8. The van der Waals surface area contributed by atoms with Crippen molar-refractivity contribution in [1.29, 1.82) is 0 Å². The van der Waals surface area contributed by atoms with Gasteiger partial charge in [0.25, 0.3) is 11.6 Å². The van der Waals surface area contributed by atoms with E-state index >= 15 is 0 Å². The molecule has 154 valence electrons. The fourth-order valence-electron chi connectivity index (χ4n) is 2.53. The summed E-state index contributed by atoms with van der Waals surface area (Å²) >= 11 is 6.11. The lowest BCUT2D eigenvalue weighted by atomic mass is 10.1. The standard InChI is InChI=1S/C21H18ClN3O5/c1-2-11-29-16-6-3-14(4-7-16)21(26)24-23-13-17-8-10-20(30-17)18-9-5-15(25(27)28)12-19(18)22/h3-10,12-13H,2,11H2,1H3,(H,24,26)/b23-13-. The number of benzene rings is 2. The lowest BCUT2D eigenvalue weighted by Gasteiger charge is -2.05. The number of hydrogen-bond donors (Lipinski definition) is 1. The molecule has 0 aliphatic rings. The van der Waals surface area contributed by atoms with Gasteiger partial charge < -0.3 is 9.15 Å². The van der Waals surface area contributed by atoms with E-state index in [-0.39, 0.29) is 16.6 Å². The van der Waals surface area contributed by atoms with E-state index in [1.54, 1.807) is 36.4 Å². The van der Waals surface area contributed by atoms with E-state index < -0.39 is 4.92 Å². The molecule has 1 amide bonds. The third-order valence-corrected chi connectivity index (χ3v) is 4.32. The van der Waals surface area contributed by atoms with Crippen molar-refractivity contribution in [2.24, 2.45) is 5.10 Å². The molecule has 0 aliphatic carbocycles. The topological polar surface area (TPSA) is 107 Å². The van der Waals surface area contributed by atoms with Gasteiger partial charge in [-0.3, -0.25) is 14.9 Å². The van der Waals surface area contributed by atoms with Gasteiger partial charge in [-0.2, -0.15) is 5.10 Å². The molecule has 1 aromatic heterocycles. The molecule has 8 nitrogen and oxygen atoms in total. The number of nitrogens with one attached hydrogen (secondary N) is 1. The number of carbonyl (C=O) groups is 1. The lowest BCUT2D eigenvalue weighted by Crippen LogP contribution is -2.17. The molecule has 0 radical (unpaired) electrons. The van der Waals surface area contributed by atoms with Crippen LogP contribution in [0.2, 0.25) is 5.02 Å². The van der Waals surface area contributed by atoms with Crippen LogP contribution in [0.25, 0.3) is 11.3 Å². The SMILES string of the molecule is CCCOc1ccc(C(=O)N/N=C\c2ccc(-c3ccc([N+](=O)[O-])cc3Cl)o2)cc1. The fourth-order valence-corrected chi connectivity index (χ4v) is 2.79. The highest BCUT2D eigenvalue weighted by Crippen LogP contribution is 2.32. The minimum absolute atomic E-state index is 0.107. The monoisotopic (exact) mass is 427 g/mol. The quantitative estimate of drug-likeness (QED) is 0.307. The van der Waals surface area contributed by atoms with Gasteiger partial charge in [0.1, 0.15) is 17.3 Å². The second-order valence-electron chi connectivity index (χ2n) is 6.20. The third kappa shape index (κ3) is 5.24. The number of nitrogens with zero attached hydrogens (tertiary/aromatic N) is 2. The zero-order valence-electron chi connectivity index (χ0n) is 16.0. The number of hydrogen-bond acceptors (Lipinski definition) is 6. The highest BCUT2D eigenvalue weighted by atomic mass is 35.5. The van der Waals surface area contributed by atoms with Gasteiger partial charge in [-0.25, -0.2) is 5.43 Å². The van der Waals surface area contributed by atoms with E-state index in [2.05, 4.69) is 10.5 Å². The smallest absolute Gasteiger partial charge is 0.271 e. The maximum absolute atomic E-state index is 12.1. The first-order valence-electron chi connectivity index (χ1n) is 9.08. The number of carbonyl (C=O) groups excluding carboxylic acids is 1. The minimum atomic E-state index is -0.523. The summed E-state index contributed by atoms with van der Waals surface area (Å²) in [5, 5.41) is 14.9. The van der Waals surface area contributed by atoms with Crippen LogP contribution in [0, 0.1) is 10.1 Å². The number of nitro groups is 1. The van der Waals surface area contributed by atoms with Crippen LogP contribution in [0.3, 0.4) is 0 Å². The number of furan rings is 1. The predicted molar refractivity (Wildman–Crippen MR) is 113 cm³/mol. The molecule has 9 heteroatoms. The van der Waals surface area contributed by atoms with E-state index in [1.165, 1.54) is 24.4 Å². The van der Waals surface area contributed by atoms with Gasteiger partial charge in [0.2, 0.25) is 0 Å². The number of amides is 1. The first kappa shape index (κ1) is 21.1. The molecule has 0 saturated heterocycles. The molecule has 3 aromatic rings. The minimum Gasteiger partial charge on any atom is -0.494 e. The Kier molecular flexibility index (Phi) is 6.82. The zero-order chi connectivity index (χ0) is 21.5. The van der Waals surface area contributed by atoms with Crippen molar-refractivity contribution in [2.45, 2.75) is 13.3 Å². The molecule has 30 heavy (non-hydrogen) atoms. The van der Waals surface area contributed by atoms with Crippen molar-refractivity contribution < 1.29 is 18.9 Å². The first-order valence-corrected chi connectivity index (χ1v) is 9.46. The summed E-state index contributed by atoms with van der Waals surface area (Å²) in [6, 6.07) is 14.2. The van der Waals surface area contributed by atoms with Crippen molar-refractivity contribution in [2.75, 3.05) is 6.61 Å². The van der Waals surface area contributed by atoms with E-state index in [0.29, 0.717) is 35.0 Å². The molecule has 0 saturated carbocycles. The summed E-state index contributed by atoms with van der Waals surface area (Å²) in [5.41, 5.74) is 3.26. The predicted octanol–water partition coefficient (Wildman–Crippen LogP) is 5.06. The van der Waals surface area contributed by atoms with E-state index in [0.717, 1.165) is 6.42 Å². The van der Waals surface area contributed by atoms with E-state index in [4.69, 9.17) is 20.8 Å². The Morgan fingerprint density at radius 3 is 2.67 bits per heavy atom. The van der Waals surface area contributed by atoms with Crippen molar-refractivity contribution in [3.05, 3.63) is 81.1 Å². The van der Waals surface area contributed by atoms with E-state index in [9.17, 15) is 14.9 Å². The summed E-state index contributed by atoms with van der Waals surface area (Å²) in [4.78, 5) is 22.4. The highest BCUT2D eigenvalue weighted by Gasteiger charge is 2.13. The maximum Gasteiger partial charge on any atom is 0.271 e. The summed E-state index contributed by atoms with van der Waals surface area (Å²) < 4.78 is 11.1. The van der Waals surface area contributed by atoms with Crippen molar-refractivity contribution >= 4 is 29.4 Å². The first-order chi connectivity index (χ1) is 14.5. The van der Waals surface area contributed by atoms with Gasteiger partial charge in [0.15, 0.2) is 0 Å². The van der Waals surface area contributed by atoms with Crippen molar-refractivity contribution in [3.8, 4) is 17.1 Å². The molecule has 2 aromatic carbocycles. The second kappa shape index (κ2) is 9.71. The van der Waals surface area contributed by atoms with Crippen LogP contribution < -0.4 is 10.2 Å². The van der Waals surface area contributed by atoms with Gasteiger partial charge in [-0.05, 0) is 48.9 Å². The second-order valence-corrected chi connectivity index (χ2v) is 6.60. The van der Waals surface area contributed by atoms with Crippen molar-refractivity contribution in [3.63, 3.8) is 0 Å². The fraction of sp³-hybridized carbons (Fsp3) is 0.143. The molecule has 0 aliphatic heterocycles. The van der Waals surface area contributed by atoms with Gasteiger partial charge in [-0.15, -0.1) is 0 Å². The van der Waals surface area contributed by atoms with Crippen LogP contribution in [0.15, 0.2) is 64.1 Å². The van der Waals surface area contributed by atoms with Gasteiger partial charge in [0.05, 0.1) is 22.8 Å². The summed E-state index contributed by atoms with van der Waals surface area (Å²) in [6.07, 6.45) is 2.25. The van der Waals surface area contributed by atoms with Crippen LogP contribution in [-0.4, -0.2) is 23.7 Å². The van der Waals surface area contributed by atoms with Gasteiger partial charge in [0, 0.05) is 23.3 Å².